The van der Waals surface area contributed by atoms with Crippen LogP contribution in [0.2, 0.25) is 0 Å². The van der Waals surface area contributed by atoms with Gasteiger partial charge in [0.15, 0.2) is 5.75 Å². The SMILES string of the molecule is CCn1c2c(c3cc([N+](=O)[O-])ccc31)OC(C)(C)C(C)(C)O2. The van der Waals surface area contributed by atoms with Gasteiger partial charge in [0, 0.05) is 18.7 Å². The lowest BCUT2D eigenvalue weighted by Gasteiger charge is -2.45. The van der Waals surface area contributed by atoms with E-state index in [-0.39, 0.29) is 5.69 Å². The van der Waals surface area contributed by atoms with Gasteiger partial charge in [0.05, 0.1) is 15.8 Å². The first kappa shape index (κ1) is 14.7. The molecule has 1 aliphatic rings. The van der Waals surface area contributed by atoms with E-state index in [2.05, 4.69) is 0 Å². The zero-order valence-electron chi connectivity index (χ0n) is 13.5. The predicted octanol–water partition coefficient (Wildman–Crippen LogP) is 3.90. The molecule has 6 nitrogen and oxygen atoms in total. The van der Waals surface area contributed by atoms with Crippen LogP contribution in [0.3, 0.4) is 0 Å². The molecule has 2 aromatic rings. The minimum absolute atomic E-state index is 0.0507. The van der Waals surface area contributed by atoms with E-state index in [0.29, 0.717) is 18.2 Å². The molecule has 0 unspecified atom stereocenters. The summed E-state index contributed by atoms with van der Waals surface area (Å²) in [7, 11) is 0. The summed E-state index contributed by atoms with van der Waals surface area (Å²) in [6.07, 6.45) is 0. The molecule has 0 saturated heterocycles. The quantitative estimate of drug-likeness (QED) is 0.623. The van der Waals surface area contributed by atoms with Gasteiger partial charge in [-0.2, -0.15) is 0 Å². The van der Waals surface area contributed by atoms with Crippen LogP contribution in [0.25, 0.3) is 10.9 Å². The number of aromatic nitrogens is 1. The molecule has 0 atom stereocenters. The summed E-state index contributed by atoms with van der Waals surface area (Å²) in [6, 6.07) is 4.82. The first-order valence-electron chi connectivity index (χ1n) is 7.36. The third-order valence-corrected chi connectivity index (χ3v) is 4.64. The second-order valence-corrected chi connectivity index (χ2v) is 6.56. The Morgan fingerprint density at radius 1 is 1.18 bits per heavy atom. The van der Waals surface area contributed by atoms with Crippen molar-refractivity contribution in [3.05, 3.63) is 28.3 Å². The van der Waals surface area contributed by atoms with Gasteiger partial charge in [-0.3, -0.25) is 10.1 Å². The highest BCUT2D eigenvalue weighted by Gasteiger charge is 2.47. The number of hydrogen-bond acceptors (Lipinski definition) is 4. The number of fused-ring (bicyclic) bond motifs is 3. The Morgan fingerprint density at radius 2 is 1.82 bits per heavy atom. The second kappa shape index (κ2) is 4.38. The van der Waals surface area contributed by atoms with E-state index < -0.39 is 16.1 Å². The Labute approximate surface area is 128 Å². The van der Waals surface area contributed by atoms with Gasteiger partial charge in [-0.25, -0.2) is 0 Å². The Balaban J connectivity index is 2.31. The molecule has 22 heavy (non-hydrogen) atoms. The second-order valence-electron chi connectivity index (χ2n) is 6.56. The zero-order chi connectivity index (χ0) is 16.3. The van der Waals surface area contributed by atoms with E-state index in [1.54, 1.807) is 12.1 Å². The van der Waals surface area contributed by atoms with Gasteiger partial charge in [-0.15, -0.1) is 0 Å². The topological polar surface area (TPSA) is 66.5 Å². The minimum atomic E-state index is -0.544. The van der Waals surface area contributed by atoms with Crippen LogP contribution >= 0.6 is 0 Å². The molecule has 0 spiro atoms. The molecular formula is C16H20N2O4. The fraction of sp³-hybridized carbons (Fsp3) is 0.500. The lowest BCUT2D eigenvalue weighted by Crippen LogP contribution is -2.56. The molecule has 0 fully saturated rings. The van der Waals surface area contributed by atoms with Crippen molar-refractivity contribution in [3.8, 4) is 11.6 Å². The fourth-order valence-electron chi connectivity index (χ4n) is 2.66. The molecule has 118 valence electrons. The largest absolute Gasteiger partial charge is 0.477 e. The smallest absolute Gasteiger partial charge is 0.270 e. The Bertz CT molecular complexity index is 774. The fourth-order valence-corrected chi connectivity index (χ4v) is 2.66. The first-order chi connectivity index (χ1) is 10.2. The van der Waals surface area contributed by atoms with Gasteiger partial charge in [-0.05, 0) is 40.7 Å². The average Bonchev–Trinajstić information content (AvgIpc) is 2.70. The van der Waals surface area contributed by atoms with Crippen LogP contribution in [0, 0.1) is 10.1 Å². The highest BCUT2D eigenvalue weighted by molar-refractivity contribution is 5.92. The molecule has 1 aromatic carbocycles. The Morgan fingerprint density at radius 3 is 2.41 bits per heavy atom. The average molecular weight is 304 g/mol. The normalized spacial score (nSPS) is 18.4. The summed E-state index contributed by atoms with van der Waals surface area (Å²) >= 11 is 0. The molecule has 0 bridgehead atoms. The number of aryl methyl sites for hydroxylation is 1. The number of hydrogen-bond donors (Lipinski definition) is 0. The maximum Gasteiger partial charge on any atom is 0.270 e. The summed E-state index contributed by atoms with van der Waals surface area (Å²) in [5.74, 6) is 1.23. The highest BCUT2D eigenvalue weighted by atomic mass is 16.6. The van der Waals surface area contributed by atoms with E-state index in [9.17, 15) is 10.1 Å². The standard InChI is InChI=1S/C16H20N2O4/c1-6-17-12-8-7-10(18(19)20)9-11(12)13-14(17)22-16(4,5)15(2,3)21-13/h7-9H,6H2,1-5H3. The van der Waals surface area contributed by atoms with Gasteiger partial charge in [0.2, 0.25) is 5.88 Å². The van der Waals surface area contributed by atoms with Crippen LogP contribution < -0.4 is 9.47 Å². The van der Waals surface area contributed by atoms with Crippen molar-refractivity contribution < 1.29 is 14.4 Å². The van der Waals surface area contributed by atoms with Crippen molar-refractivity contribution in [2.24, 2.45) is 0 Å². The van der Waals surface area contributed by atoms with Crippen molar-refractivity contribution in [3.63, 3.8) is 0 Å². The lowest BCUT2D eigenvalue weighted by molar-refractivity contribution is -0.384. The molecule has 0 amide bonds. The molecule has 0 saturated carbocycles. The van der Waals surface area contributed by atoms with Crippen molar-refractivity contribution >= 4 is 16.6 Å². The molecule has 3 rings (SSSR count). The number of nitro groups is 1. The first-order valence-corrected chi connectivity index (χ1v) is 7.36. The highest BCUT2D eigenvalue weighted by Crippen LogP contribution is 2.49. The van der Waals surface area contributed by atoms with E-state index in [0.717, 1.165) is 10.9 Å². The zero-order valence-corrected chi connectivity index (χ0v) is 13.5. The number of rotatable bonds is 2. The summed E-state index contributed by atoms with van der Waals surface area (Å²) in [4.78, 5) is 10.7. The van der Waals surface area contributed by atoms with Crippen LogP contribution in [0.4, 0.5) is 5.69 Å². The summed E-state index contributed by atoms with van der Waals surface area (Å²) in [5.41, 5.74) is -0.119. The molecular weight excluding hydrogens is 284 g/mol. The lowest BCUT2D eigenvalue weighted by atomic mass is 9.88. The molecule has 0 aliphatic carbocycles. The van der Waals surface area contributed by atoms with Crippen molar-refractivity contribution in [1.29, 1.82) is 0 Å². The maximum atomic E-state index is 11.0. The maximum absolute atomic E-state index is 11.0. The number of nitrogens with zero attached hydrogens (tertiary/aromatic N) is 2. The number of ether oxygens (including phenoxy) is 2. The number of benzene rings is 1. The van der Waals surface area contributed by atoms with Crippen molar-refractivity contribution in [1.82, 2.24) is 4.57 Å². The van der Waals surface area contributed by atoms with E-state index in [1.165, 1.54) is 6.07 Å². The van der Waals surface area contributed by atoms with Crippen LogP contribution in [-0.4, -0.2) is 20.7 Å². The van der Waals surface area contributed by atoms with Crippen molar-refractivity contribution in [2.75, 3.05) is 0 Å². The molecule has 0 N–H and O–H groups in total. The van der Waals surface area contributed by atoms with Gasteiger partial charge < -0.3 is 14.0 Å². The summed E-state index contributed by atoms with van der Waals surface area (Å²) < 4.78 is 14.4. The van der Waals surface area contributed by atoms with Gasteiger partial charge in [0.25, 0.3) is 5.69 Å². The molecule has 1 aliphatic heterocycles. The molecule has 2 heterocycles. The van der Waals surface area contributed by atoms with Crippen molar-refractivity contribution in [2.45, 2.75) is 52.4 Å². The van der Waals surface area contributed by atoms with Crippen LogP contribution in [0.1, 0.15) is 34.6 Å². The molecule has 0 radical (unpaired) electrons. The summed E-state index contributed by atoms with van der Waals surface area (Å²) in [6.45, 7) is 10.6. The van der Waals surface area contributed by atoms with E-state index in [1.807, 2.05) is 39.2 Å². The van der Waals surface area contributed by atoms with Gasteiger partial charge >= 0.3 is 0 Å². The van der Waals surface area contributed by atoms with Gasteiger partial charge in [-0.1, -0.05) is 0 Å². The predicted molar refractivity (Wildman–Crippen MR) is 83.7 cm³/mol. The van der Waals surface area contributed by atoms with Crippen LogP contribution in [-0.2, 0) is 6.54 Å². The van der Waals surface area contributed by atoms with Gasteiger partial charge in [0.1, 0.15) is 11.2 Å². The van der Waals surface area contributed by atoms with E-state index >= 15 is 0 Å². The number of nitro benzene ring substituents is 1. The molecule has 6 heteroatoms. The summed E-state index contributed by atoms with van der Waals surface area (Å²) in [5, 5.41) is 11.8. The number of non-ortho nitro benzene ring substituents is 1. The Hall–Kier alpha value is -2.24. The van der Waals surface area contributed by atoms with Crippen LogP contribution in [0.15, 0.2) is 18.2 Å². The third-order valence-electron chi connectivity index (χ3n) is 4.64. The molecule has 1 aromatic heterocycles. The minimum Gasteiger partial charge on any atom is -0.477 e. The monoisotopic (exact) mass is 304 g/mol. The third kappa shape index (κ3) is 1.86. The Kier molecular flexibility index (Phi) is 2.92. The van der Waals surface area contributed by atoms with E-state index in [4.69, 9.17) is 9.47 Å². The van der Waals surface area contributed by atoms with Crippen LogP contribution in [0.5, 0.6) is 11.6 Å².